The molecule has 0 aromatic heterocycles. The lowest BCUT2D eigenvalue weighted by Gasteiger charge is -2.11. The molecule has 1 aromatic carbocycles. The summed E-state index contributed by atoms with van der Waals surface area (Å²) in [5.74, 6) is 0.715. The monoisotopic (exact) mass is 306 g/mol. The molecule has 19 heavy (non-hydrogen) atoms. The Hall–Kier alpha value is -0.780. The molecule has 4 nitrogen and oxygen atoms in total. The number of halogens is 1. The van der Waals surface area contributed by atoms with Gasteiger partial charge in [0.2, 0.25) is 0 Å². The number of benzene rings is 1. The van der Waals surface area contributed by atoms with E-state index in [0.717, 1.165) is 5.56 Å². The molecule has 0 aliphatic carbocycles. The lowest BCUT2D eigenvalue weighted by Crippen LogP contribution is -2.11. The van der Waals surface area contributed by atoms with Gasteiger partial charge in [0.25, 0.3) is 9.05 Å². The minimum absolute atomic E-state index is 0.00183. The number of rotatable bonds is 7. The van der Waals surface area contributed by atoms with Gasteiger partial charge in [0.05, 0.1) is 6.61 Å². The third-order valence-corrected chi connectivity index (χ3v) is 3.64. The zero-order valence-electron chi connectivity index (χ0n) is 11.3. The fourth-order valence-electron chi connectivity index (χ4n) is 1.45. The topological polar surface area (TPSA) is 52.6 Å². The molecular weight excluding hydrogens is 288 g/mol. The molecule has 0 aliphatic heterocycles. The highest BCUT2D eigenvalue weighted by Gasteiger charge is 2.17. The highest BCUT2D eigenvalue weighted by molar-refractivity contribution is 8.13. The second-order valence-corrected chi connectivity index (χ2v) is 7.24. The Bertz CT molecular complexity index is 511. The maximum atomic E-state index is 11.4. The molecule has 0 saturated carbocycles. The lowest BCUT2D eigenvalue weighted by molar-refractivity contribution is 0.0811. The van der Waals surface area contributed by atoms with Crippen molar-refractivity contribution in [2.45, 2.75) is 25.7 Å². The van der Waals surface area contributed by atoms with E-state index < -0.39 is 9.05 Å². The first-order chi connectivity index (χ1) is 8.80. The summed E-state index contributed by atoms with van der Waals surface area (Å²) in [7, 11) is 1.57. The Balaban J connectivity index is 2.64. The van der Waals surface area contributed by atoms with Crippen molar-refractivity contribution < 1.29 is 17.9 Å². The van der Waals surface area contributed by atoms with Gasteiger partial charge in [0.15, 0.2) is 0 Å². The van der Waals surface area contributed by atoms with Crippen LogP contribution in [0, 0.1) is 12.8 Å². The van der Waals surface area contributed by atoms with Crippen molar-refractivity contribution >= 4 is 19.7 Å². The second kappa shape index (κ2) is 7.12. The molecule has 1 aromatic rings. The molecule has 0 radical (unpaired) electrons. The highest BCUT2D eigenvalue weighted by atomic mass is 35.7. The zero-order valence-corrected chi connectivity index (χ0v) is 12.9. The van der Waals surface area contributed by atoms with Crippen molar-refractivity contribution in [1.82, 2.24) is 0 Å². The molecule has 0 atom stereocenters. The van der Waals surface area contributed by atoms with Gasteiger partial charge in [-0.2, -0.15) is 0 Å². The summed E-state index contributed by atoms with van der Waals surface area (Å²) in [4.78, 5) is -0.00183. The van der Waals surface area contributed by atoms with Gasteiger partial charge in [-0.25, -0.2) is 8.42 Å². The van der Waals surface area contributed by atoms with Crippen molar-refractivity contribution in [1.29, 1.82) is 0 Å². The minimum Gasteiger partial charge on any atom is -0.490 e. The first-order valence-corrected chi connectivity index (χ1v) is 8.37. The first kappa shape index (κ1) is 16.3. The van der Waals surface area contributed by atoms with Gasteiger partial charge >= 0.3 is 0 Å². The van der Waals surface area contributed by atoms with E-state index in [4.69, 9.17) is 20.2 Å². The van der Waals surface area contributed by atoms with Gasteiger partial charge in [-0.3, -0.25) is 0 Å². The van der Waals surface area contributed by atoms with Crippen molar-refractivity contribution in [3.05, 3.63) is 23.8 Å². The summed E-state index contributed by atoms with van der Waals surface area (Å²) in [5.41, 5.74) is 0.808. The number of aryl methyl sites for hydroxylation is 1. The Morgan fingerprint density at radius 2 is 1.95 bits per heavy atom. The molecule has 108 valence electrons. The molecule has 0 N–H and O–H groups in total. The van der Waals surface area contributed by atoms with Crippen LogP contribution in [-0.4, -0.2) is 28.2 Å². The van der Waals surface area contributed by atoms with Crippen molar-refractivity contribution in [2.24, 2.45) is 5.92 Å². The van der Waals surface area contributed by atoms with Crippen LogP contribution in [0.2, 0.25) is 0 Å². The van der Waals surface area contributed by atoms with Gasteiger partial charge in [0, 0.05) is 17.3 Å². The normalized spacial score (nSPS) is 11.8. The fourth-order valence-corrected chi connectivity index (χ4v) is 2.51. The first-order valence-electron chi connectivity index (χ1n) is 6.06. The third kappa shape index (κ3) is 5.80. The minimum atomic E-state index is -3.81. The lowest BCUT2D eigenvalue weighted by atomic mass is 10.2. The molecule has 0 unspecified atom stereocenters. The summed E-state index contributed by atoms with van der Waals surface area (Å²) >= 11 is 0. The largest absolute Gasteiger partial charge is 0.490 e. The molecule has 6 heteroatoms. The van der Waals surface area contributed by atoms with Crippen LogP contribution in [0.1, 0.15) is 19.4 Å². The molecule has 0 amide bonds. The van der Waals surface area contributed by atoms with E-state index in [2.05, 4.69) is 13.8 Å². The smallest absolute Gasteiger partial charge is 0.264 e. The predicted molar refractivity (Wildman–Crippen MR) is 75.4 cm³/mol. The molecular formula is C13H19ClO4S. The average Bonchev–Trinajstić information content (AvgIpc) is 2.28. The zero-order chi connectivity index (χ0) is 14.5. The van der Waals surface area contributed by atoms with Crippen LogP contribution in [0.15, 0.2) is 23.1 Å². The van der Waals surface area contributed by atoms with Crippen LogP contribution >= 0.6 is 10.7 Å². The van der Waals surface area contributed by atoms with E-state index in [0.29, 0.717) is 19.1 Å². The van der Waals surface area contributed by atoms with E-state index in [1.54, 1.807) is 19.1 Å². The molecule has 0 bridgehead atoms. The average molecular weight is 307 g/mol. The fraction of sp³-hybridized carbons (Fsp3) is 0.538. The highest BCUT2D eigenvalue weighted by Crippen LogP contribution is 2.27. The number of hydrogen-bond donors (Lipinski definition) is 0. The summed E-state index contributed by atoms with van der Waals surface area (Å²) in [5, 5.41) is 0. The van der Waals surface area contributed by atoms with E-state index in [-0.39, 0.29) is 17.3 Å². The van der Waals surface area contributed by atoms with Crippen molar-refractivity contribution in [3.63, 3.8) is 0 Å². The summed E-state index contributed by atoms with van der Waals surface area (Å²) in [6, 6.07) is 4.87. The van der Waals surface area contributed by atoms with Gasteiger partial charge in [-0.05, 0) is 30.5 Å². The quantitative estimate of drug-likeness (QED) is 0.574. The Morgan fingerprint density at radius 3 is 2.53 bits per heavy atom. The molecule has 1 rings (SSSR count). The number of ether oxygens (including phenoxy) is 2. The molecule has 0 heterocycles. The summed E-state index contributed by atoms with van der Waals surface area (Å²) in [6.45, 7) is 7.25. The van der Waals surface area contributed by atoms with Crippen molar-refractivity contribution in [2.75, 3.05) is 19.8 Å². The van der Waals surface area contributed by atoms with Gasteiger partial charge in [-0.15, -0.1) is 0 Å². The van der Waals surface area contributed by atoms with Crippen LogP contribution in [0.4, 0.5) is 0 Å². The SMILES string of the molecule is Cc1ccc(OCCOCC(C)C)c(S(=O)(=O)Cl)c1. The number of hydrogen-bond acceptors (Lipinski definition) is 4. The maximum absolute atomic E-state index is 11.4. The Kier molecular flexibility index (Phi) is 6.10. The Labute approximate surface area is 119 Å². The van der Waals surface area contributed by atoms with Crippen LogP contribution in [0.5, 0.6) is 5.75 Å². The molecule has 0 aliphatic rings. The Morgan fingerprint density at radius 1 is 1.26 bits per heavy atom. The van der Waals surface area contributed by atoms with Crippen LogP contribution < -0.4 is 4.74 Å². The van der Waals surface area contributed by atoms with E-state index in [1.165, 1.54) is 6.07 Å². The van der Waals surface area contributed by atoms with Crippen molar-refractivity contribution in [3.8, 4) is 5.75 Å². The predicted octanol–water partition coefficient (Wildman–Crippen LogP) is 2.97. The van der Waals surface area contributed by atoms with Crippen LogP contribution in [-0.2, 0) is 13.8 Å². The standard InChI is InChI=1S/C13H19ClO4S/c1-10(2)9-17-6-7-18-12-5-4-11(3)8-13(12)19(14,15)16/h4-5,8,10H,6-7,9H2,1-3H3. The third-order valence-electron chi connectivity index (χ3n) is 2.30. The van der Waals surface area contributed by atoms with E-state index >= 15 is 0 Å². The molecule has 0 spiro atoms. The van der Waals surface area contributed by atoms with E-state index in [9.17, 15) is 8.42 Å². The molecule has 0 fully saturated rings. The van der Waals surface area contributed by atoms with Gasteiger partial charge in [0.1, 0.15) is 17.3 Å². The maximum Gasteiger partial charge on any atom is 0.264 e. The summed E-state index contributed by atoms with van der Waals surface area (Å²) < 4.78 is 33.6. The molecule has 0 saturated heterocycles. The van der Waals surface area contributed by atoms with Crippen LogP contribution in [0.3, 0.4) is 0 Å². The second-order valence-electron chi connectivity index (χ2n) is 4.71. The van der Waals surface area contributed by atoms with Gasteiger partial charge in [-0.1, -0.05) is 19.9 Å². The van der Waals surface area contributed by atoms with Gasteiger partial charge < -0.3 is 9.47 Å². The van der Waals surface area contributed by atoms with Crippen LogP contribution in [0.25, 0.3) is 0 Å². The summed E-state index contributed by atoms with van der Waals surface area (Å²) in [6.07, 6.45) is 0. The van der Waals surface area contributed by atoms with E-state index in [1.807, 2.05) is 0 Å².